The summed E-state index contributed by atoms with van der Waals surface area (Å²) in [6.45, 7) is -0.363. The molecule has 0 aromatic carbocycles. The first kappa shape index (κ1) is 23.8. The van der Waals surface area contributed by atoms with E-state index in [1.54, 1.807) is 0 Å². The third kappa shape index (κ3) is 4.38. The van der Waals surface area contributed by atoms with Gasteiger partial charge in [-0.1, -0.05) is 0 Å². The number of aromatic nitrogens is 3. The third-order valence-corrected chi connectivity index (χ3v) is 5.81. The van der Waals surface area contributed by atoms with Crippen molar-refractivity contribution in [1.82, 2.24) is 19.7 Å². The second kappa shape index (κ2) is 8.44. The van der Waals surface area contributed by atoms with E-state index >= 15 is 0 Å². The molecule has 1 fully saturated rings. The topological polar surface area (TPSA) is 84.0 Å². The number of pyridine rings is 1. The fraction of sp³-hybridized carbons (Fsp3) is 0.500. The van der Waals surface area contributed by atoms with Gasteiger partial charge in [-0.05, 0) is 31.7 Å². The van der Waals surface area contributed by atoms with Crippen molar-refractivity contribution in [2.24, 2.45) is 0 Å². The van der Waals surface area contributed by atoms with Gasteiger partial charge in [-0.15, -0.1) is 0 Å². The molecule has 1 saturated heterocycles. The van der Waals surface area contributed by atoms with E-state index in [9.17, 15) is 40.8 Å². The summed E-state index contributed by atoms with van der Waals surface area (Å²) >= 11 is 0. The van der Waals surface area contributed by atoms with E-state index in [2.05, 4.69) is 20.9 Å². The number of rotatable bonds is 2. The summed E-state index contributed by atoms with van der Waals surface area (Å²) in [5.41, 5.74) is 1.90. The molecule has 0 radical (unpaired) electrons. The summed E-state index contributed by atoms with van der Waals surface area (Å²) in [4.78, 5) is 16.8. The summed E-state index contributed by atoms with van der Waals surface area (Å²) < 4.78 is 94.7. The van der Waals surface area contributed by atoms with Gasteiger partial charge in [-0.2, -0.15) is 36.7 Å². The molecule has 0 spiro atoms. The van der Waals surface area contributed by atoms with Crippen LogP contribution in [0.1, 0.15) is 41.3 Å². The minimum Gasteiger partial charge on any atom is -0.426 e. The van der Waals surface area contributed by atoms with E-state index in [1.165, 1.54) is 10.7 Å². The van der Waals surface area contributed by atoms with Crippen molar-refractivity contribution in [3.63, 3.8) is 0 Å². The van der Waals surface area contributed by atoms with Crippen molar-refractivity contribution in [2.75, 3.05) is 13.1 Å². The van der Waals surface area contributed by atoms with Gasteiger partial charge < -0.3 is 9.64 Å². The summed E-state index contributed by atoms with van der Waals surface area (Å²) in [5.74, 6) is -0.494. The molecule has 0 saturated carbocycles. The Hall–Kier alpha value is -3.37. The molecule has 0 unspecified atom stereocenters. The van der Waals surface area contributed by atoms with Gasteiger partial charge in [0.15, 0.2) is 5.82 Å². The fourth-order valence-corrected chi connectivity index (χ4v) is 4.22. The van der Waals surface area contributed by atoms with Crippen molar-refractivity contribution in [1.29, 1.82) is 5.26 Å². The molecule has 2 aliphatic heterocycles. The van der Waals surface area contributed by atoms with Gasteiger partial charge in [0.2, 0.25) is 0 Å². The van der Waals surface area contributed by atoms with Gasteiger partial charge in [0, 0.05) is 24.6 Å². The van der Waals surface area contributed by atoms with Crippen LogP contribution < -0.4 is 0 Å². The zero-order valence-corrected chi connectivity index (χ0v) is 17.3. The molecule has 7 nitrogen and oxygen atoms in total. The quantitative estimate of drug-likeness (QED) is 0.589. The highest BCUT2D eigenvalue weighted by atomic mass is 19.4. The lowest BCUT2D eigenvalue weighted by Crippen LogP contribution is -2.49. The SMILES string of the molecule is N#Cc1c(C2CCN(C(=O)OC(C(F)(F)F)C(F)(F)F)CC2)nn2c1CCc1cc(F)cnc1-2. The van der Waals surface area contributed by atoms with Crippen molar-refractivity contribution < 1.29 is 40.3 Å². The van der Waals surface area contributed by atoms with Crippen LogP contribution in [0.3, 0.4) is 0 Å². The number of piperidine rings is 1. The first-order valence-corrected chi connectivity index (χ1v) is 10.2. The van der Waals surface area contributed by atoms with Gasteiger partial charge in [-0.25, -0.2) is 18.9 Å². The second-order valence-corrected chi connectivity index (χ2v) is 7.98. The standard InChI is InChI=1S/C20H16F7N5O2/c21-12-7-11-1-2-14-13(8-28)15(30-32(14)16(11)29-9-12)10-3-5-31(6-4-10)18(33)34-17(19(22,23)24)20(25,26)27/h7,9-10,17H,1-6H2. The highest BCUT2D eigenvalue weighted by Crippen LogP contribution is 2.37. The number of halogens is 7. The average Bonchev–Trinajstić information content (AvgIpc) is 3.14. The molecule has 14 heteroatoms. The number of carbonyl (C=O) groups is 1. The van der Waals surface area contributed by atoms with Gasteiger partial charge in [-0.3, -0.25) is 0 Å². The molecular formula is C20H16F7N5O2. The molecule has 182 valence electrons. The molecule has 0 N–H and O–H groups in total. The Balaban J connectivity index is 1.50. The number of ether oxygens (including phenoxy) is 1. The van der Waals surface area contributed by atoms with E-state index in [0.717, 1.165) is 11.1 Å². The zero-order valence-electron chi connectivity index (χ0n) is 17.3. The molecule has 4 rings (SSSR count). The number of amides is 1. The first-order chi connectivity index (χ1) is 15.9. The number of alkyl halides is 6. The summed E-state index contributed by atoms with van der Waals surface area (Å²) in [5, 5.41) is 14.2. The average molecular weight is 491 g/mol. The van der Waals surface area contributed by atoms with Gasteiger partial charge >= 0.3 is 18.4 Å². The van der Waals surface area contributed by atoms with Crippen LogP contribution in [0.25, 0.3) is 5.82 Å². The highest BCUT2D eigenvalue weighted by Gasteiger charge is 2.60. The van der Waals surface area contributed by atoms with E-state index in [-0.39, 0.29) is 31.8 Å². The number of nitrogens with zero attached hydrogens (tertiary/aromatic N) is 5. The molecule has 0 atom stereocenters. The predicted molar refractivity (Wildman–Crippen MR) is 99.4 cm³/mol. The van der Waals surface area contributed by atoms with Crippen LogP contribution in [0, 0.1) is 17.1 Å². The van der Waals surface area contributed by atoms with Crippen molar-refractivity contribution in [2.45, 2.75) is 50.1 Å². The molecular weight excluding hydrogens is 475 g/mol. The lowest BCUT2D eigenvalue weighted by atomic mass is 9.90. The van der Waals surface area contributed by atoms with Crippen LogP contribution in [0.5, 0.6) is 0 Å². The lowest BCUT2D eigenvalue weighted by molar-refractivity contribution is -0.308. The molecule has 4 heterocycles. The number of aryl methyl sites for hydroxylation is 1. The molecule has 2 aromatic heterocycles. The van der Waals surface area contributed by atoms with Crippen molar-refractivity contribution in [3.05, 3.63) is 40.6 Å². The fourth-order valence-electron chi connectivity index (χ4n) is 4.22. The number of likely N-dealkylation sites (tertiary alicyclic amines) is 1. The van der Waals surface area contributed by atoms with Crippen LogP contribution in [0.15, 0.2) is 12.3 Å². The predicted octanol–water partition coefficient (Wildman–Crippen LogP) is 4.19. The minimum absolute atomic E-state index is 0.145. The third-order valence-electron chi connectivity index (χ3n) is 5.81. The van der Waals surface area contributed by atoms with Crippen LogP contribution >= 0.6 is 0 Å². The second-order valence-electron chi connectivity index (χ2n) is 7.98. The Labute approximate surface area is 187 Å². The summed E-state index contributed by atoms with van der Waals surface area (Å²) in [7, 11) is 0. The monoisotopic (exact) mass is 491 g/mol. The smallest absolute Gasteiger partial charge is 0.426 e. The maximum Gasteiger partial charge on any atom is 0.434 e. The van der Waals surface area contributed by atoms with Gasteiger partial charge in [0.1, 0.15) is 11.9 Å². The number of carbonyl (C=O) groups excluding carboxylic acids is 1. The van der Waals surface area contributed by atoms with E-state index in [4.69, 9.17) is 0 Å². The van der Waals surface area contributed by atoms with Crippen LogP contribution in [0.2, 0.25) is 0 Å². The van der Waals surface area contributed by atoms with Crippen molar-refractivity contribution in [3.8, 4) is 11.9 Å². The number of hydrogen-bond acceptors (Lipinski definition) is 5. The first-order valence-electron chi connectivity index (χ1n) is 10.2. The Bertz CT molecular complexity index is 1130. The lowest BCUT2D eigenvalue weighted by Gasteiger charge is -2.32. The number of fused-ring (bicyclic) bond motifs is 3. The van der Waals surface area contributed by atoms with E-state index < -0.39 is 30.4 Å². The van der Waals surface area contributed by atoms with Crippen LogP contribution in [-0.4, -0.2) is 57.3 Å². The van der Waals surface area contributed by atoms with E-state index in [1.807, 2.05) is 0 Å². The van der Waals surface area contributed by atoms with Crippen LogP contribution in [0.4, 0.5) is 35.5 Å². The summed E-state index contributed by atoms with van der Waals surface area (Å²) in [6, 6.07) is 3.43. The summed E-state index contributed by atoms with van der Waals surface area (Å²) in [6.07, 6.45) is -15.3. The molecule has 2 aliphatic rings. The number of hydrogen-bond donors (Lipinski definition) is 0. The molecule has 0 aliphatic carbocycles. The Kier molecular flexibility index (Phi) is 5.91. The normalized spacial score (nSPS) is 16.7. The van der Waals surface area contributed by atoms with Gasteiger partial charge in [0.05, 0.1) is 23.1 Å². The molecule has 2 aromatic rings. The van der Waals surface area contributed by atoms with Crippen LogP contribution in [-0.2, 0) is 17.6 Å². The number of nitriles is 1. The maximum atomic E-state index is 13.5. The van der Waals surface area contributed by atoms with Gasteiger partial charge in [0.25, 0.3) is 6.10 Å². The maximum absolute atomic E-state index is 13.5. The zero-order chi connectivity index (χ0) is 24.8. The van der Waals surface area contributed by atoms with E-state index in [0.29, 0.717) is 41.2 Å². The Morgan fingerprint density at radius 3 is 2.38 bits per heavy atom. The largest absolute Gasteiger partial charge is 0.434 e. The minimum atomic E-state index is -5.79. The Morgan fingerprint density at radius 1 is 1.15 bits per heavy atom. The highest BCUT2D eigenvalue weighted by molar-refractivity contribution is 5.68. The Morgan fingerprint density at radius 2 is 1.79 bits per heavy atom. The molecule has 1 amide bonds. The molecule has 0 bridgehead atoms. The molecule has 34 heavy (non-hydrogen) atoms. The van der Waals surface area contributed by atoms with Crippen molar-refractivity contribution >= 4 is 6.09 Å².